The Hall–Kier alpha value is -5.92. The van der Waals surface area contributed by atoms with Crippen LogP contribution in [0, 0.1) is 0 Å². The van der Waals surface area contributed by atoms with Crippen molar-refractivity contribution in [1.82, 2.24) is 0 Å². The second kappa shape index (κ2) is 14.0. The van der Waals surface area contributed by atoms with Crippen LogP contribution in [0.1, 0.15) is 60.9 Å². The van der Waals surface area contributed by atoms with Crippen LogP contribution in [-0.2, 0) is 5.41 Å². The van der Waals surface area contributed by atoms with Gasteiger partial charge in [0.1, 0.15) is 0 Å². The Morgan fingerprint density at radius 1 is 0.673 bits per heavy atom. The van der Waals surface area contributed by atoms with E-state index in [1.54, 1.807) is 0 Å². The van der Waals surface area contributed by atoms with Crippen LogP contribution in [0.25, 0.3) is 33.4 Å². The van der Waals surface area contributed by atoms with Gasteiger partial charge in [0.25, 0.3) is 0 Å². The van der Waals surface area contributed by atoms with E-state index in [4.69, 9.17) is 0 Å². The molecule has 5 aromatic carbocycles. The first-order valence-electron chi connectivity index (χ1n) is 18.5. The lowest BCUT2D eigenvalue weighted by Crippen LogP contribution is -2.35. The first-order valence-corrected chi connectivity index (χ1v) is 18.5. The molecule has 0 amide bonds. The van der Waals surface area contributed by atoms with E-state index in [0.29, 0.717) is 0 Å². The van der Waals surface area contributed by atoms with Crippen molar-refractivity contribution >= 4 is 28.0 Å². The lowest BCUT2D eigenvalue weighted by atomic mass is 9.79. The number of hydrogen-bond donors (Lipinski definition) is 0. The highest BCUT2D eigenvalue weighted by molar-refractivity contribution is 5.98. The third kappa shape index (κ3) is 6.07. The van der Waals surface area contributed by atoms with E-state index in [0.717, 1.165) is 30.4 Å². The van der Waals surface area contributed by atoms with Gasteiger partial charge in [-0.15, -0.1) is 0 Å². The molecule has 1 unspecified atom stereocenters. The number of rotatable bonds is 9. The van der Waals surface area contributed by atoms with Gasteiger partial charge in [0, 0.05) is 16.8 Å². The van der Waals surface area contributed by atoms with Crippen molar-refractivity contribution in [3.05, 3.63) is 222 Å². The van der Waals surface area contributed by atoms with Crippen molar-refractivity contribution in [3.63, 3.8) is 0 Å². The summed E-state index contributed by atoms with van der Waals surface area (Å²) in [5.41, 5.74) is 18.2. The van der Waals surface area contributed by atoms with Crippen LogP contribution in [0.4, 0.5) is 5.69 Å². The summed E-state index contributed by atoms with van der Waals surface area (Å²) in [6.45, 7) is 12.7. The molecule has 5 aromatic rings. The molecule has 0 N–H and O–H groups in total. The number of hydrogen-bond acceptors (Lipinski definition) is 1. The van der Waals surface area contributed by atoms with E-state index >= 15 is 0 Å². The quantitative estimate of drug-likeness (QED) is 0.141. The van der Waals surface area contributed by atoms with Crippen LogP contribution in [-0.4, -0.2) is 6.04 Å². The first kappa shape index (κ1) is 33.2. The maximum atomic E-state index is 4.02. The fourth-order valence-corrected chi connectivity index (χ4v) is 8.50. The van der Waals surface area contributed by atoms with E-state index in [-0.39, 0.29) is 11.5 Å². The SMILES string of the molecule is C=C/C=C(\C=C)c1ccc(C2=C(c3ccccc3)CC(N(C3=CC4=C(CC3)c3ccccc3C4(C)C)c3ccc(-c4ccccc4)cc3)C=C2)cc1. The van der Waals surface area contributed by atoms with E-state index in [9.17, 15) is 0 Å². The van der Waals surface area contributed by atoms with Gasteiger partial charge in [0.05, 0.1) is 6.04 Å². The van der Waals surface area contributed by atoms with Gasteiger partial charge in [0.2, 0.25) is 0 Å². The molecule has 0 bridgehead atoms. The number of nitrogens with zero attached hydrogens (tertiary/aromatic N) is 1. The molecular weight excluding hydrogens is 627 g/mol. The van der Waals surface area contributed by atoms with E-state index < -0.39 is 0 Å². The van der Waals surface area contributed by atoms with Gasteiger partial charge >= 0.3 is 0 Å². The van der Waals surface area contributed by atoms with Crippen molar-refractivity contribution < 1.29 is 0 Å². The van der Waals surface area contributed by atoms with Gasteiger partial charge in [0.15, 0.2) is 0 Å². The third-order valence-electron chi connectivity index (χ3n) is 11.2. The predicted molar refractivity (Wildman–Crippen MR) is 224 cm³/mol. The smallest absolute Gasteiger partial charge is 0.0563 e. The summed E-state index contributed by atoms with van der Waals surface area (Å²) in [5, 5.41) is 0. The summed E-state index contributed by atoms with van der Waals surface area (Å²) < 4.78 is 0. The monoisotopic (exact) mass is 671 g/mol. The molecule has 3 aliphatic carbocycles. The maximum Gasteiger partial charge on any atom is 0.0563 e. The molecule has 8 rings (SSSR count). The Balaban J connectivity index is 1.22. The predicted octanol–water partition coefficient (Wildman–Crippen LogP) is 13.3. The maximum absolute atomic E-state index is 4.02. The highest BCUT2D eigenvalue weighted by Crippen LogP contribution is 2.52. The normalized spacial score (nSPS) is 17.7. The van der Waals surface area contributed by atoms with E-state index in [1.807, 2.05) is 18.2 Å². The Morgan fingerprint density at radius 2 is 1.31 bits per heavy atom. The molecule has 0 aliphatic heterocycles. The minimum Gasteiger partial charge on any atom is -0.338 e. The largest absolute Gasteiger partial charge is 0.338 e. The summed E-state index contributed by atoms with van der Waals surface area (Å²) in [7, 11) is 0. The lowest BCUT2D eigenvalue weighted by Gasteiger charge is -2.39. The van der Waals surface area contributed by atoms with Crippen molar-refractivity contribution in [2.75, 3.05) is 4.90 Å². The lowest BCUT2D eigenvalue weighted by molar-refractivity contribution is 0.644. The number of anilines is 1. The van der Waals surface area contributed by atoms with Crippen molar-refractivity contribution in [2.24, 2.45) is 0 Å². The Labute approximate surface area is 309 Å². The van der Waals surface area contributed by atoms with Gasteiger partial charge < -0.3 is 4.90 Å². The third-order valence-corrected chi connectivity index (χ3v) is 11.2. The summed E-state index contributed by atoms with van der Waals surface area (Å²) in [6, 6.07) is 48.9. The molecule has 52 heavy (non-hydrogen) atoms. The first-order chi connectivity index (χ1) is 25.5. The van der Waals surface area contributed by atoms with E-state index in [2.05, 4.69) is 184 Å². The molecule has 0 heterocycles. The highest BCUT2D eigenvalue weighted by Gasteiger charge is 2.39. The van der Waals surface area contributed by atoms with Gasteiger partial charge in [-0.3, -0.25) is 0 Å². The summed E-state index contributed by atoms with van der Waals surface area (Å²) in [5.74, 6) is 0. The molecule has 0 spiro atoms. The molecule has 0 saturated heterocycles. The van der Waals surface area contributed by atoms with Crippen molar-refractivity contribution in [3.8, 4) is 11.1 Å². The molecule has 1 atom stereocenters. The van der Waals surface area contributed by atoms with Crippen molar-refractivity contribution in [1.29, 1.82) is 0 Å². The molecule has 3 aliphatic rings. The summed E-state index contributed by atoms with van der Waals surface area (Å²) >= 11 is 0. The van der Waals surface area contributed by atoms with Gasteiger partial charge in [-0.1, -0.05) is 179 Å². The molecule has 254 valence electrons. The summed E-state index contributed by atoms with van der Waals surface area (Å²) in [6.07, 6.45) is 16.0. The molecule has 1 heteroatoms. The van der Waals surface area contributed by atoms with Gasteiger partial charge in [-0.25, -0.2) is 0 Å². The second-order valence-corrected chi connectivity index (χ2v) is 14.5. The number of benzene rings is 5. The van der Waals surface area contributed by atoms with Gasteiger partial charge in [-0.2, -0.15) is 0 Å². The zero-order valence-corrected chi connectivity index (χ0v) is 30.2. The number of fused-ring (bicyclic) bond motifs is 2. The van der Waals surface area contributed by atoms with Crippen LogP contribution in [0.3, 0.4) is 0 Å². The highest BCUT2D eigenvalue weighted by atomic mass is 15.2. The standard InChI is InChI=1S/C51H45N/c1-5-15-36(6-2)38-22-24-41(25-23-38)45-32-30-43(34-48(45)40-18-11-8-12-19-40)52(42-28-26-39(27-29-42)37-16-9-7-10-17-37)44-31-33-47-46-20-13-14-21-49(46)51(3,4)50(47)35-44/h5-30,32,35,43H,1-2,31,33-34H2,3-4H3/b36-15+. The molecule has 0 fully saturated rings. The van der Waals surface area contributed by atoms with Crippen LogP contribution in [0.2, 0.25) is 0 Å². The van der Waals surface area contributed by atoms with Crippen LogP contribution < -0.4 is 4.90 Å². The minimum atomic E-state index is -0.0381. The van der Waals surface area contributed by atoms with Crippen LogP contribution >= 0.6 is 0 Å². The zero-order chi connectivity index (χ0) is 35.7. The van der Waals surface area contributed by atoms with Gasteiger partial charge in [-0.05, 0) is 104 Å². The topological polar surface area (TPSA) is 3.24 Å². The second-order valence-electron chi connectivity index (χ2n) is 14.5. The molecule has 0 aromatic heterocycles. The Kier molecular flexibility index (Phi) is 8.95. The molecular formula is C51H45N. The van der Waals surface area contributed by atoms with Crippen LogP contribution in [0.15, 0.2) is 194 Å². The van der Waals surface area contributed by atoms with Crippen LogP contribution in [0.5, 0.6) is 0 Å². The molecule has 0 radical (unpaired) electrons. The fraction of sp³-hybridized carbons (Fsp3) is 0.137. The van der Waals surface area contributed by atoms with E-state index in [1.165, 1.54) is 67.1 Å². The fourth-order valence-electron chi connectivity index (χ4n) is 8.50. The summed E-state index contributed by atoms with van der Waals surface area (Å²) in [4.78, 5) is 2.63. The Morgan fingerprint density at radius 3 is 2.00 bits per heavy atom. The zero-order valence-electron chi connectivity index (χ0n) is 30.2. The minimum absolute atomic E-state index is 0.0381. The Bertz CT molecular complexity index is 2290. The molecule has 1 nitrogen and oxygen atoms in total. The van der Waals surface area contributed by atoms with Crippen molar-refractivity contribution in [2.45, 2.75) is 44.6 Å². The average molecular weight is 672 g/mol. The average Bonchev–Trinajstić information content (AvgIpc) is 3.43. The number of allylic oxidation sites excluding steroid dienone is 10. The molecule has 0 saturated carbocycles.